The van der Waals surface area contributed by atoms with Gasteiger partial charge in [-0.15, -0.1) is 0 Å². The van der Waals surface area contributed by atoms with Crippen LogP contribution < -0.4 is 0 Å². The predicted molar refractivity (Wildman–Crippen MR) is 72.4 cm³/mol. The van der Waals surface area contributed by atoms with Gasteiger partial charge in [0.1, 0.15) is 12.3 Å². The van der Waals surface area contributed by atoms with E-state index in [0.29, 0.717) is 29.7 Å². The highest BCUT2D eigenvalue weighted by Gasteiger charge is 2.38. The van der Waals surface area contributed by atoms with Crippen molar-refractivity contribution in [3.05, 3.63) is 22.6 Å². The third-order valence-electron chi connectivity index (χ3n) is 4.05. The summed E-state index contributed by atoms with van der Waals surface area (Å²) in [6, 6.07) is -0.0224. The molecule has 0 aliphatic heterocycles. The van der Waals surface area contributed by atoms with Crippen LogP contribution in [-0.4, -0.2) is 40.3 Å². The minimum absolute atomic E-state index is 0.00718. The molecule has 1 aromatic heterocycles. The summed E-state index contributed by atoms with van der Waals surface area (Å²) < 4.78 is 5.60. The van der Waals surface area contributed by atoms with E-state index in [1.54, 1.807) is 6.92 Å². The van der Waals surface area contributed by atoms with Gasteiger partial charge < -0.3 is 14.4 Å². The summed E-state index contributed by atoms with van der Waals surface area (Å²) in [5.41, 5.74) is 1.08. The van der Waals surface area contributed by atoms with E-state index in [1.807, 2.05) is 0 Å². The Kier molecular flexibility index (Phi) is 3.31. The number of nitrogens with zero attached hydrogens (tertiary/aromatic N) is 1. The first-order valence-electron chi connectivity index (χ1n) is 7.17. The molecule has 0 saturated heterocycles. The first-order chi connectivity index (χ1) is 9.99. The highest BCUT2D eigenvalue weighted by atomic mass is 16.4. The van der Waals surface area contributed by atoms with Crippen LogP contribution in [0.5, 0.6) is 0 Å². The molecule has 1 heterocycles. The largest absolute Gasteiger partial charge is 0.480 e. The van der Waals surface area contributed by atoms with Gasteiger partial charge in [0.05, 0.1) is 5.56 Å². The zero-order valence-corrected chi connectivity index (χ0v) is 11.8. The average Bonchev–Trinajstić information content (AvgIpc) is 3.20. The van der Waals surface area contributed by atoms with Crippen molar-refractivity contribution in [2.45, 2.75) is 45.1 Å². The average molecular weight is 291 g/mol. The minimum Gasteiger partial charge on any atom is -0.480 e. The summed E-state index contributed by atoms with van der Waals surface area (Å²) in [5, 5.41) is 8.95. The fourth-order valence-corrected chi connectivity index (χ4v) is 2.88. The lowest BCUT2D eigenvalue weighted by Gasteiger charge is -2.19. The molecule has 2 aliphatic carbocycles. The van der Waals surface area contributed by atoms with Crippen molar-refractivity contribution in [1.29, 1.82) is 0 Å². The summed E-state index contributed by atoms with van der Waals surface area (Å²) in [6.07, 6.45) is 3.49. The van der Waals surface area contributed by atoms with Gasteiger partial charge in [-0.3, -0.25) is 14.4 Å². The van der Waals surface area contributed by atoms with Crippen LogP contribution in [0, 0.1) is 6.92 Å². The number of carboxylic acids is 1. The first-order valence-corrected chi connectivity index (χ1v) is 7.17. The van der Waals surface area contributed by atoms with Crippen LogP contribution in [0.1, 0.15) is 57.9 Å². The molecule has 1 N–H and O–H groups in total. The molecular weight excluding hydrogens is 274 g/mol. The number of ketones is 1. The normalized spacial score (nSPS) is 17.5. The molecule has 0 spiro atoms. The van der Waals surface area contributed by atoms with Gasteiger partial charge in [0.25, 0.3) is 5.91 Å². The number of carbonyl (C=O) groups excluding carboxylic acids is 2. The number of hydrogen-bond donors (Lipinski definition) is 1. The molecule has 0 unspecified atom stereocenters. The zero-order valence-electron chi connectivity index (χ0n) is 11.8. The van der Waals surface area contributed by atoms with E-state index in [-0.39, 0.29) is 24.1 Å². The molecule has 1 aromatic rings. The summed E-state index contributed by atoms with van der Waals surface area (Å²) in [7, 11) is 0. The third-order valence-corrected chi connectivity index (χ3v) is 4.05. The Balaban J connectivity index is 1.94. The summed E-state index contributed by atoms with van der Waals surface area (Å²) in [6.45, 7) is 1.37. The van der Waals surface area contributed by atoms with E-state index in [9.17, 15) is 14.4 Å². The summed E-state index contributed by atoms with van der Waals surface area (Å²) in [5.74, 6) is -0.755. The van der Waals surface area contributed by atoms with Gasteiger partial charge in [0.15, 0.2) is 11.5 Å². The summed E-state index contributed by atoms with van der Waals surface area (Å²) in [4.78, 5) is 36.8. The Morgan fingerprint density at radius 1 is 1.33 bits per heavy atom. The monoisotopic (exact) mass is 291 g/mol. The van der Waals surface area contributed by atoms with E-state index in [2.05, 4.69) is 0 Å². The first kappa shape index (κ1) is 13.9. The van der Waals surface area contributed by atoms with Crippen LogP contribution in [0.4, 0.5) is 0 Å². The maximum atomic E-state index is 12.6. The third kappa shape index (κ3) is 2.46. The van der Waals surface area contributed by atoms with Gasteiger partial charge in [-0.05, 0) is 26.2 Å². The highest BCUT2D eigenvalue weighted by Crippen LogP contribution is 2.33. The molecule has 0 bridgehead atoms. The molecule has 0 atom stereocenters. The van der Waals surface area contributed by atoms with Crippen molar-refractivity contribution in [2.24, 2.45) is 0 Å². The number of furan rings is 1. The number of Topliss-reactive ketones (excluding diaryl/α,β-unsaturated/α-hetero) is 1. The number of aliphatic carboxylic acids is 1. The molecule has 1 amide bonds. The lowest BCUT2D eigenvalue weighted by atomic mass is 9.94. The fourth-order valence-electron chi connectivity index (χ4n) is 2.88. The SMILES string of the molecule is Cc1c(C(=O)N(CC(=O)O)C2CC2)oc2c1C(=O)CCC2. The Hall–Kier alpha value is -2.11. The van der Waals surface area contributed by atoms with Crippen molar-refractivity contribution in [3.63, 3.8) is 0 Å². The number of rotatable bonds is 4. The number of amides is 1. The van der Waals surface area contributed by atoms with E-state index in [0.717, 1.165) is 19.3 Å². The molecule has 2 aliphatic rings. The van der Waals surface area contributed by atoms with Gasteiger partial charge in [-0.2, -0.15) is 0 Å². The molecule has 112 valence electrons. The quantitative estimate of drug-likeness (QED) is 0.913. The smallest absolute Gasteiger partial charge is 0.323 e. The second kappa shape index (κ2) is 5.02. The second-order valence-corrected chi connectivity index (χ2v) is 5.69. The lowest BCUT2D eigenvalue weighted by Crippen LogP contribution is -2.37. The Labute approximate surface area is 121 Å². The topological polar surface area (TPSA) is 87.8 Å². The van der Waals surface area contributed by atoms with Gasteiger partial charge in [-0.25, -0.2) is 0 Å². The standard InChI is InChI=1S/C15H17NO5/c1-8-13-10(17)3-2-4-11(13)21-14(8)15(20)16(7-12(18)19)9-5-6-9/h9H,2-7H2,1H3,(H,18,19). The number of carbonyl (C=O) groups is 3. The number of hydrogen-bond acceptors (Lipinski definition) is 4. The number of aryl methyl sites for hydroxylation is 1. The molecule has 0 aromatic carbocycles. The van der Waals surface area contributed by atoms with Crippen LogP contribution >= 0.6 is 0 Å². The fraction of sp³-hybridized carbons (Fsp3) is 0.533. The number of fused-ring (bicyclic) bond motifs is 1. The van der Waals surface area contributed by atoms with Gasteiger partial charge in [0, 0.05) is 24.4 Å². The number of carboxylic acid groups (broad SMARTS) is 1. The zero-order chi connectivity index (χ0) is 15.1. The Bertz CT molecular complexity index is 626. The molecule has 6 heteroatoms. The van der Waals surface area contributed by atoms with Crippen molar-refractivity contribution >= 4 is 17.7 Å². The van der Waals surface area contributed by atoms with Crippen molar-refractivity contribution in [2.75, 3.05) is 6.54 Å². The van der Waals surface area contributed by atoms with Crippen LogP contribution in [0.3, 0.4) is 0 Å². The van der Waals surface area contributed by atoms with Crippen LogP contribution in [-0.2, 0) is 11.2 Å². The van der Waals surface area contributed by atoms with Crippen LogP contribution in [0.15, 0.2) is 4.42 Å². The predicted octanol–water partition coefficient (Wildman–Crippen LogP) is 1.80. The van der Waals surface area contributed by atoms with Crippen LogP contribution in [0.25, 0.3) is 0 Å². The van der Waals surface area contributed by atoms with Gasteiger partial charge in [0.2, 0.25) is 0 Å². The van der Waals surface area contributed by atoms with E-state index in [1.165, 1.54) is 4.90 Å². The molecule has 3 rings (SSSR count). The molecule has 0 radical (unpaired) electrons. The van der Waals surface area contributed by atoms with Crippen molar-refractivity contribution in [3.8, 4) is 0 Å². The van der Waals surface area contributed by atoms with E-state index < -0.39 is 11.9 Å². The molecule has 1 saturated carbocycles. The highest BCUT2D eigenvalue weighted by molar-refractivity contribution is 6.03. The van der Waals surface area contributed by atoms with Crippen molar-refractivity contribution in [1.82, 2.24) is 4.90 Å². The molecule has 21 heavy (non-hydrogen) atoms. The van der Waals surface area contributed by atoms with Gasteiger partial charge >= 0.3 is 5.97 Å². The molecule has 1 fully saturated rings. The maximum absolute atomic E-state index is 12.6. The Morgan fingerprint density at radius 3 is 2.62 bits per heavy atom. The lowest BCUT2D eigenvalue weighted by molar-refractivity contribution is -0.137. The van der Waals surface area contributed by atoms with Crippen molar-refractivity contribution < 1.29 is 23.9 Å². The molecule has 6 nitrogen and oxygen atoms in total. The summed E-state index contributed by atoms with van der Waals surface area (Å²) >= 11 is 0. The maximum Gasteiger partial charge on any atom is 0.323 e. The Morgan fingerprint density at radius 2 is 2.05 bits per heavy atom. The van der Waals surface area contributed by atoms with Crippen LogP contribution in [0.2, 0.25) is 0 Å². The minimum atomic E-state index is -1.04. The van der Waals surface area contributed by atoms with E-state index >= 15 is 0 Å². The molecular formula is C15H17NO5. The second-order valence-electron chi connectivity index (χ2n) is 5.69. The van der Waals surface area contributed by atoms with Gasteiger partial charge in [-0.1, -0.05) is 0 Å². The van der Waals surface area contributed by atoms with E-state index in [4.69, 9.17) is 9.52 Å².